The Balaban J connectivity index is 1.85. The molecular weight excluding hydrogens is 232 g/mol. The lowest BCUT2D eigenvalue weighted by atomic mass is 10.0. The van der Waals surface area contributed by atoms with E-state index in [1.807, 2.05) is 0 Å². The average Bonchev–Trinajstić information content (AvgIpc) is 3.18. The van der Waals surface area contributed by atoms with Gasteiger partial charge in [-0.2, -0.15) is 0 Å². The number of oxime groups is 1. The number of hydrogen-bond acceptors (Lipinski definition) is 4. The minimum atomic E-state index is -0.734. The first-order valence-corrected chi connectivity index (χ1v) is 6.57. The fraction of sp³-hybridized carbons (Fsp3) is 0.833. The first-order chi connectivity index (χ1) is 8.60. The van der Waals surface area contributed by atoms with E-state index in [-0.39, 0.29) is 11.7 Å². The second kappa shape index (κ2) is 5.14. The van der Waals surface area contributed by atoms with Crippen LogP contribution in [0.2, 0.25) is 0 Å². The van der Waals surface area contributed by atoms with E-state index in [9.17, 15) is 4.79 Å². The van der Waals surface area contributed by atoms with Crippen molar-refractivity contribution < 1.29 is 10.0 Å². The first-order valence-electron chi connectivity index (χ1n) is 6.57. The van der Waals surface area contributed by atoms with E-state index in [0.717, 1.165) is 13.0 Å². The minimum Gasteiger partial charge on any atom is -0.409 e. The van der Waals surface area contributed by atoms with Gasteiger partial charge in [-0.15, -0.1) is 0 Å². The van der Waals surface area contributed by atoms with Gasteiger partial charge in [-0.05, 0) is 39.3 Å². The molecule has 18 heavy (non-hydrogen) atoms. The molecule has 1 aliphatic heterocycles. The van der Waals surface area contributed by atoms with Crippen LogP contribution in [0.4, 0.5) is 0 Å². The van der Waals surface area contributed by atoms with Gasteiger partial charge in [-0.25, -0.2) is 0 Å². The van der Waals surface area contributed by atoms with E-state index in [4.69, 9.17) is 10.9 Å². The van der Waals surface area contributed by atoms with Crippen LogP contribution in [0, 0.1) is 5.41 Å². The second-order valence-corrected chi connectivity index (χ2v) is 5.41. The number of carbonyl (C=O) groups excluding carboxylic acids is 1. The van der Waals surface area contributed by atoms with Gasteiger partial charge in [-0.3, -0.25) is 4.79 Å². The zero-order chi connectivity index (χ0) is 13.2. The molecule has 0 aromatic heterocycles. The maximum absolute atomic E-state index is 12.1. The van der Waals surface area contributed by atoms with Gasteiger partial charge in [0.15, 0.2) is 5.84 Å². The molecule has 102 valence electrons. The Bertz CT molecular complexity index is 352. The number of likely N-dealkylation sites (tertiary alicyclic amines) is 1. The van der Waals surface area contributed by atoms with Crippen LogP contribution in [0.15, 0.2) is 5.16 Å². The number of nitrogens with zero attached hydrogens (tertiary/aromatic N) is 2. The van der Waals surface area contributed by atoms with Gasteiger partial charge in [0.2, 0.25) is 5.91 Å². The molecule has 1 amide bonds. The van der Waals surface area contributed by atoms with E-state index in [0.29, 0.717) is 25.4 Å². The third-order valence-corrected chi connectivity index (χ3v) is 4.20. The highest BCUT2D eigenvalue weighted by atomic mass is 16.4. The van der Waals surface area contributed by atoms with Crippen molar-refractivity contribution in [3.05, 3.63) is 0 Å². The predicted octanol–water partition coefficient (Wildman–Crippen LogP) is 0.114. The van der Waals surface area contributed by atoms with Gasteiger partial charge in [0.25, 0.3) is 0 Å². The number of nitrogens with one attached hydrogen (secondary N) is 1. The lowest BCUT2D eigenvalue weighted by Crippen LogP contribution is -2.48. The quantitative estimate of drug-likeness (QED) is 0.287. The van der Waals surface area contributed by atoms with Crippen molar-refractivity contribution in [3.63, 3.8) is 0 Å². The molecule has 6 heteroatoms. The highest BCUT2D eigenvalue weighted by Gasteiger charge is 2.54. The fourth-order valence-corrected chi connectivity index (χ4v) is 2.60. The van der Waals surface area contributed by atoms with Crippen molar-refractivity contribution in [3.8, 4) is 0 Å². The third-order valence-electron chi connectivity index (χ3n) is 4.20. The Hall–Kier alpha value is -1.30. The summed E-state index contributed by atoms with van der Waals surface area (Å²) in [6.07, 6.45) is 4.92. The van der Waals surface area contributed by atoms with Crippen LogP contribution in [-0.2, 0) is 4.79 Å². The standard InChI is InChI=1S/C12H22N4O2/c1-16-7-3-2-4-9(16)8-14-11(17)12(5-6-12)10(13)15-18/h9,18H,2-8H2,1H3,(H2,13,15)(H,14,17). The summed E-state index contributed by atoms with van der Waals surface area (Å²) in [5.41, 5.74) is 4.84. The minimum absolute atomic E-state index is 0.0389. The number of amides is 1. The van der Waals surface area contributed by atoms with Gasteiger partial charge >= 0.3 is 0 Å². The molecule has 1 unspecified atom stereocenters. The van der Waals surface area contributed by atoms with Crippen molar-refractivity contribution in [1.82, 2.24) is 10.2 Å². The molecular formula is C12H22N4O2. The van der Waals surface area contributed by atoms with E-state index in [2.05, 4.69) is 22.4 Å². The molecule has 4 N–H and O–H groups in total. The van der Waals surface area contributed by atoms with Gasteiger partial charge in [0.05, 0.1) is 0 Å². The summed E-state index contributed by atoms with van der Waals surface area (Å²) < 4.78 is 0. The highest BCUT2D eigenvalue weighted by Crippen LogP contribution is 2.46. The summed E-state index contributed by atoms with van der Waals surface area (Å²) in [5, 5.41) is 14.6. The van der Waals surface area contributed by atoms with Gasteiger partial charge in [0.1, 0.15) is 5.41 Å². The van der Waals surface area contributed by atoms with Crippen molar-refractivity contribution in [2.75, 3.05) is 20.1 Å². The number of amidine groups is 1. The Kier molecular flexibility index (Phi) is 3.75. The molecule has 1 aliphatic carbocycles. The Labute approximate surface area is 107 Å². The van der Waals surface area contributed by atoms with E-state index >= 15 is 0 Å². The number of carbonyl (C=O) groups is 1. The molecule has 2 rings (SSSR count). The summed E-state index contributed by atoms with van der Waals surface area (Å²) in [4.78, 5) is 14.4. The smallest absolute Gasteiger partial charge is 0.234 e. The van der Waals surface area contributed by atoms with E-state index in [1.54, 1.807) is 0 Å². The average molecular weight is 254 g/mol. The molecule has 0 aromatic carbocycles. The Morgan fingerprint density at radius 1 is 1.56 bits per heavy atom. The number of hydrogen-bond donors (Lipinski definition) is 3. The molecule has 1 saturated carbocycles. The maximum atomic E-state index is 12.1. The lowest BCUT2D eigenvalue weighted by molar-refractivity contribution is -0.124. The van der Waals surface area contributed by atoms with Gasteiger partial charge in [0, 0.05) is 12.6 Å². The normalized spacial score (nSPS) is 27.8. The van der Waals surface area contributed by atoms with Crippen molar-refractivity contribution >= 4 is 11.7 Å². The summed E-state index contributed by atoms with van der Waals surface area (Å²) in [7, 11) is 2.09. The van der Waals surface area contributed by atoms with Crippen LogP contribution in [-0.4, -0.2) is 48.0 Å². The van der Waals surface area contributed by atoms with E-state index < -0.39 is 5.41 Å². The molecule has 1 atom stereocenters. The van der Waals surface area contributed by atoms with Crippen LogP contribution in [0.3, 0.4) is 0 Å². The largest absolute Gasteiger partial charge is 0.409 e. The molecule has 1 saturated heterocycles. The van der Waals surface area contributed by atoms with Crippen LogP contribution in [0.5, 0.6) is 0 Å². The van der Waals surface area contributed by atoms with Crippen LogP contribution in [0.1, 0.15) is 32.1 Å². The number of piperidine rings is 1. The molecule has 6 nitrogen and oxygen atoms in total. The SMILES string of the molecule is CN1CCCCC1CNC(=O)C1(C(N)=NO)CC1. The predicted molar refractivity (Wildman–Crippen MR) is 68.4 cm³/mol. The van der Waals surface area contributed by atoms with E-state index in [1.165, 1.54) is 12.8 Å². The van der Waals surface area contributed by atoms with Crippen molar-refractivity contribution in [1.29, 1.82) is 0 Å². The lowest BCUT2D eigenvalue weighted by Gasteiger charge is -2.32. The molecule has 0 aromatic rings. The Morgan fingerprint density at radius 2 is 2.28 bits per heavy atom. The van der Waals surface area contributed by atoms with Gasteiger partial charge in [-0.1, -0.05) is 11.6 Å². The zero-order valence-corrected chi connectivity index (χ0v) is 10.9. The molecule has 2 fully saturated rings. The van der Waals surface area contributed by atoms with Gasteiger partial charge < -0.3 is 21.2 Å². The number of nitrogens with two attached hydrogens (primary N) is 1. The topological polar surface area (TPSA) is 91.0 Å². The fourth-order valence-electron chi connectivity index (χ4n) is 2.60. The maximum Gasteiger partial charge on any atom is 0.234 e. The Morgan fingerprint density at radius 3 is 2.83 bits per heavy atom. The molecule has 0 spiro atoms. The van der Waals surface area contributed by atoms with Crippen LogP contribution < -0.4 is 11.1 Å². The summed E-state index contributed by atoms with van der Waals surface area (Å²) in [6.45, 7) is 1.74. The van der Waals surface area contributed by atoms with Crippen LogP contribution >= 0.6 is 0 Å². The summed E-state index contributed by atoms with van der Waals surface area (Å²) in [6, 6.07) is 0.408. The zero-order valence-electron chi connectivity index (χ0n) is 10.9. The molecule has 2 aliphatic rings. The number of rotatable bonds is 4. The summed E-state index contributed by atoms with van der Waals surface area (Å²) in [5.74, 6) is -0.0613. The molecule has 1 heterocycles. The summed E-state index contributed by atoms with van der Waals surface area (Å²) >= 11 is 0. The third kappa shape index (κ3) is 2.43. The first kappa shape index (κ1) is 13.1. The van der Waals surface area contributed by atoms with Crippen molar-refractivity contribution in [2.24, 2.45) is 16.3 Å². The number of likely N-dealkylation sites (N-methyl/N-ethyl adjacent to an activating group) is 1. The van der Waals surface area contributed by atoms with Crippen molar-refractivity contribution in [2.45, 2.75) is 38.1 Å². The highest BCUT2D eigenvalue weighted by molar-refractivity contribution is 6.09. The molecule has 0 bridgehead atoms. The monoisotopic (exact) mass is 254 g/mol. The second-order valence-electron chi connectivity index (χ2n) is 5.41. The van der Waals surface area contributed by atoms with Crippen LogP contribution in [0.25, 0.3) is 0 Å². The molecule has 0 radical (unpaired) electrons.